The first-order valence-electron chi connectivity index (χ1n) is 10.4. The Kier molecular flexibility index (Phi) is 7.08. The van der Waals surface area contributed by atoms with Crippen molar-refractivity contribution < 1.29 is 18.7 Å². The number of halogens is 1. The van der Waals surface area contributed by atoms with Crippen LogP contribution < -0.4 is 10.1 Å². The van der Waals surface area contributed by atoms with Crippen molar-refractivity contribution in [3.05, 3.63) is 65.5 Å². The van der Waals surface area contributed by atoms with E-state index in [0.29, 0.717) is 36.9 Å². The van der Waals surface area contributed by atoms with Gasteiger partial charge in [-0.05, 0) is 48.2 Å². The highest BCUT2D eigenvalue weighted by Gasteiger charge is 2.40. The Bertz CT molecular complexity index is 900. The number of ether oxygens (including phenoxy) is 1. The maximum atomic E-state index is 13.8. The van der Waals surface area contributed by atoms with Crippen molar-refractivity contribution in [3.63, 3.8) is 0 Å². The van der Waals surface area contributed by atoms with Gasteiger partial charge in [-0.2, -0.15) is 0 Å². The first-order valence-corrected chi connectivity index (χ1v) is 10.4. The van der Waals surface area contributed by atoms with Crippen LogP contribution in [0.3, 0.4) is 0 Å². The number of carbonyl (C=O) groups is 2. The Morgan fingerprint density at radius 2 is 1.93 bits per heavy atom. The van der Waals surface area contributed by atoms with E-state index in [1.54, 1.807) is 42.3 Å². The Morgan fingerprint density at radius 3 is 2.63 bits per heavy atom. The molecule has 1 saturated heterocycles. The van der Waals surface area contributed by atoms with E-state index >= 15 is 0 Å². The van der Waals surface area contributed by atoms with Crippen LogP contribution in [0.1, 0.15) is 42.1 Å². The first-order chi connectivity index (χ1) is 14.4. The Hall–Kier alpha value is -2.89. The van der Waals surface area contributed by atoms with Crippen molar-refractivity contribution in [2.45, 2.75) is 26.2 Å². The number of likely N-dealkylation sites (tertiary alicyclic amines) is 1. The fourth-order valence-electron chi connectivity index (χ4n) is 3.86. The van der Waals surface area contributed by atoms with E-state index in [1.807, 2.05) is 6.07 Å². The molecule has 5 nitrogen and oxygen atoms in total. The smallest absolute Gasteiger partial charge is 0.254 e. The van der Waals surface area contributed by atoms with E-state index in [4.69, 9.17) is 4.74 Å². The molecule has 0 saturated carbocycles. The zero-order valence-electron chi connectivity index (χ0n) is 17.7. The average molecular weight is 413 g/mol. The molecule has 2 atom stereocenters. The Morgan fingerprint density at radius 1 is 1.17 bits per heavy atom. The third-order valence-corrected chi connectivity index (χ3v) is 5.56. The van der Waals surface area contributed by atoms with Gasteiger partial charge in [-0.15, -0.1) is 0 Å². The Balaban J connectivity index is 1.81. The van der Waals surface area contributed by atoms with Crippen LogP contribution >= 0.6 is 0 Å². The van der Waals surface area contributed by atoms with Gasteiger partial charge in [-0.25, -0.2) is 4.39 Å². The zero-order valence-corrected chi connectivity index (χ0v) is 17.7. The van der Waals surface area contributed by atoms with Gasteiger partial charge in [0.1, 0.15) is 11.6 Å². The number of methoxy groups -OCH3 is 1. The quantitative estimate of drug-likeness (QED) is 0.752. The largest absolute Gasteiger partial charge is 0.497 e. The fourth-order valence-corrected chi connectivity index (χ4v) is 3.86. The van der Waals surface area contributed by atoms with Crippen LogP contribution in [0.15, 0.2) is 48.5 Å². The Labute approximate surface area is 177 Å². The first kappa shape index (κ1) is 21.8. The lowest BCUT2D eigenvalue weighted by molar-refractivity contribution is -0.124. The minimum absolute atomic E-state index is 0.0918. The number of benzene rings is 2. The summed E-state index contributed by atoms with van der Waals surface area (Å²) in [6, 6.07) is 13.3. The molecule has 1 N–H and O–H groups in total. The second-order valence-corrected chi connectivity index (χ2v) is 8.18. The van der Waals surface area contributed by atoms with Crippen molar-refractivity contribution >= 4 is 11.8 Å². The zero-order chi connectivity index (χ0) is 21.7. The van der Waals surface area contributed by atoms with Crippen LogP contribution in [0.25, 0.3) is 0 Å². The average Bonchev–Trinajstić information content (AvgIpc) is 3.18. The highest BCUT2D eigenvalue weighted by Crippen LogP contribution is 2.34. The second kappa shape index (κ2) is 9.74. The monoisotopic (exact) mass is 412 g/mol. The second-order valence-electron chi connectivity index (χ2n) is 8.18. The standard InChI is InChI=1S/C24H29FN2O3/c1-16(2)10-11-26-23(28)22-15-27(14-21(22)17-6-4-8-19(25)12-17)24(29)18-7-5-9-20(13-18)30-3/h4-9,12-13,16,21-22H,10-11,14-15H2,1-3H3,(H,26,28)/t21-,22+/m0/s1. The van der Waals surface area contributed by atoms with E-state index in [9.17, 15) is 14.0 Å². The molecule has 0 unspecified atom stereocenters. The highest BCUT2D eigenvalue weighted by molar-refractivity contribution is 5.95. The summed E-state index contributed by atoms with van der Waals surface area (Å²) >= 11 is 0. The molecule has 0 aromatic heterocycles. The summed E-state index contributed by atoms with van der Waals surface area (Å²) in [6.45, 7) is 5.46. The van der Waals surface area contributed by atoms with E-state index < -0.39 is 5.92 Å². The third-order valence-electron chi connectivity index (χ3n) is 5.56. The number of nitrogens with zero attached hydrogens (tertiary/aromatic N) is 1. The fraction of sp³-hybridized carbons (Fsp3) is 0.417. The minimum atomic E-state index is -0.423. The minimum Gasteiger partial charge on any atom is -0.497 e. The maximum absolute atomic E-state index is 13.8. The molecule has 160 valence electrons. The number of hydrogen-bond donors (Lipinski definition) is 1. The van der Waals surface area contributed by atoms with E-state index in [2.05, 4.69) is 19.2 Å². The van der Waals surface area contributed by atoms with Crippen LogP contribution in [-0.2, 0) is 4.79 Å². The number of carbonyl (C=O) groups excluding carboxylic acids is 2. The van der Waals surface area contributed by atoms with Crippen molar-refractivity contribution in [2.75, 3.05) is 26.7 Å². The molecular formula is C24H29FN2O3. The molecular weight excluding hydrogens is 383 g/mol. The van der Waals surface area contributed by atoms with E-state index in [-0.39, 0.29) is 23.5 Å². The molecule has 1 heterocycles. The maximum Gasteiger partial charge on any atom is 0.254 e. The molecule has 1 aliphatic heterocycles. The van der Waals surface area contributed by atoms with Gasteiger partial charge in [0.15, 0.2) is 0 Å². The predicted molar refractivity (Wildman–Crippen MR) is 114 cm³/mol. The van der Waals surface area contributed by atoms with Gasteiger partial charge in [0.05, 0.1) is 13.0 Å². The molecule has 2 aromatic rings. The summed E-state index contributed by atoms with van der Waals surface area (Å²) in [4.78, 5) is 27.7. The highest BCUT2D eigenvalue weighted by atomic mass is 19.1. The van der Waals surface area contributed by atoms with Crippen molar-refractivity contribution in [1.82, 2.24) is 10.2 Å². The van der Waals surface area contributed by atoms with Crippen LogP contribution in [0.2, 0.25) is 0 Å². The summed E-state index contributed by atoms with van der Waals surface area (Å²) in [5, 5.41) is 3.00. The van der Waals surface area contributed by atoms with E-state index in [0.717, 1.165) is 12.0 Å². The van der Waals surface area contributed by atoms with Gasteiger partial charge in [-0.3, -0.25) is 9.59 Å². The third kappa shape index (κ3) is 5.17. The van der Waals surface area contributed by atoms with Gasteiger partial charge in [-0.1, -0.05) is 32.0 Å². The van der Waals surface area contributed by atoms with Gasteiger partial charge < -0.3 is 15.0 Å². The normalized spacial score (nSPS) is 18.5. The topological polar surface area (TPSA) is 58.6 Å². The van der Waals surface area contributed by atoms with Crippen LogP contribution in [-0.4, -0.2) is 43.5 Å². The van der Waals surface area contributed by atoms with Crippen molar-refractivity contribution in [3.8, 4) is 5.75 Å². The van der Waals surface area contributed by atoms with E-state index in [1.165, 1.54) is 12.1 Å². The predicted octanol–water partition coefficient (Wildman–Crippen LogP) is 3.85. The molecule has 0 radical (unpaired) electrons. The lowest BCUT2D eigenvalue weighted by Crippen LogP contribution is -2.36. The molecule has 2 aromatic carbocycles. The number of rotatable bonds is 7. The summed E-state index contributed by atoms with van der Waals surface area (Å²) in [6.07, 6.45) is 0.884. The summed E-state index contributed by atoms with van der Waals surface area (Å²) in [5.74, 6) is -0.186. The van der Waals surface area contributed by atoms with Crippen LogP contribution in [0.5, 0.6) is 5.75 Å². The van der Waals surface area contributed by atoms with Crippen molar-refractivity contribution in [2.24, 2.45) is 11.8 Å². The molecule has 0 bridgehead atoms. The molecule has 30 heavy (non-hydrogen) atoms. The molecule has 0 aliphatic carbocycles. The van der Waals surface area contributed by atoms with Crippen LogP contribution in [0.4, 0.5) is 4.39 Å². The molecule has 1 fully saturated rings. The molecule has 1 aliphatic rings. The van der Waals surface area contributed by atoms with Crippen LogP contribution in [0, 0.1) is 17.7 Å². The van der Waals surface area contributed by atoms with Gasteiger partial charge in [0, 0.05) is 31.1 Å². The molecule has 2 amide bonds. The number of amides is 2. The molecule has 0 spiro atoms. The van der Waals surface area contributed by atoms with Gasteiger partial charge in [0.2, 0.25) is 5.91 Å². The van der Waals surface area contributed by atoms with Gasteiger partial charge >= 0.3 is 0 Å². The summed E-state index contributed by atoms with van der Waals surface area (Å²) in [7, 11) is 1.55. The summed E-state index contributed by atoms with van der Waals surface area (Å²) in [5.41, 5.74) is 1.24. The summed E-state index contributed by atoms with van der Waals surface area (Å²) < 4.78 is 19.1. The molecule has 6 heteroatoms. The molecule has 3 rings (SSSR count). The number of nitrogens with one attached hydrogen (secondary N) is 1. The SMILES string of the molecule is COc1cccc(C(=O)N2C[C@@H](C(=O)NCCC(C)C)[C@H](c3cccc(F)c3)C2)c1. The lowest BCUT2D eigenvalue weighted by Gasteiger charge is -2.18. The lowest BCUT2D eigenvalue weighted by atomic mass is 9.88. The number of hydrogen-bond acceptors (Lipinski definition) is 3. The van der Waals surface area contributed by atoms with Crippen molar-refractivity contribution in [1.29, 1.82) is 0 Å². The van der Waals surface area contributed by atoms with Gasteiger partial charge in [0.25, 0.3) is 5.91 Å².